The Morgan fingerprint density at radius 2 is 2.04 bits per heavy atom. The van der Waals surface area contributed by atoms with Gasteiger partial charge in [-0.25, -0.2) is 4.98 Å². The number of carbonyl (C=O) groups excluding carboxylic acids is 1. The molecule has 0 saturated carbocycles. The van der Waals surface area contributed by atoms with E-state index in [1.165, 1.54) is 35.2 Å². The van der Waals surface area contributed by atoms with Gasteiger partial charge < -0.3 is 10.2 Å². The fourth-order valence-electron chi connectivity index (χ4n) is 3.06. The number of hydrogen-bond acceptors (Lipinski definition) is 6. The molecule has 1 aliphatic heterocycles. The Labute approximate surface area is 166 Å². The average Bonchev–Trinajstić information content (AvgIpc) is 3.44. The predicted octanol–water partition coefficient (Wildman–Crippen LogP) is 3.79. The van der Waals surface area contributed by atoms with Crippen molar-refractivity contribution in [2.45, 2.75) is 24.4 Å². The van der Waals surface area contributed by atoms with E-state index in [2.05, 4.69) is 43.6 Å². The first-order valence-corrected chi connectivity index (χ1v) is 10.8. The highest BCUT2D eigenvalue weighted by molar-refractivity contribution is 7.99. The van der Waals surface area contributed by atoms with Gasteiger partial charge in [0.15, 0.2) is 0 Å². The highest BCUT2D eigenvalue weighted by atomic mass is 32.2. The number of aromatic nitrogens is 3. The molecule has 1 aromatic carbocycles. The second-order valence-corrected chi connectivity index (χ2v) is 8.37. The summed E-state index contributed by atoms with van der Waals surface area (Å²) >= 11 is 3.03. The van der Waals surface area contributed by atoms with E-state index in [-0.39, 0.29) is 11.7 Å². The number of thioether (sulfide) groups is 1. The van der Waals surface area contributed by atoms with E-state index in [0.29, 0.717) is 5.16 Å². The molecule has 0 aliphatic carbocycles. The van der Waals surface area contributed by atoms with Gasteiger partial charge in [0.1, 0.15) is 5.82 Å². The third-order valence-electron chi connectivity index (χ3n) is 4.39. The van der Waals surface area contributed by atoms with E-state index >= 15 is 0 Å². The first-order valence-electron chi connectivity index (χ1n) is 8.97. The fourth-order valence-corrected chi connectivity index (χ4v) is 4.38. The molecule has 1 fully saturated rings. The molecule has 0 bridgehead atoms. The van der Waals surface area contributed by atoms with Crippen molar-refractivity contribution in [1.82, 2.24) is 15.2 Å². The number of rotatable bonds is 7. The molecule has 3 aromatic rings. The van der Waals surface area contributed by atoms with E-state index in [9.17, 15) is 4.79 Å². The van der Waals surface area contributed by atoms with Crippen LogP contribution < -0.4 is 10.2 Å². The number of nitrogens with one attached hydrogen (secondary N) is 2. The summed E-state index contributed by atoms with van der Waals surface area (Å²) in [4.78, 5) is 20.2. The number of nitrogens with zero attached hydrogens (tertiary/aromatic N) is 3. The molecule has 2 N–H and O–H groups in total. The van der Waals surface area contributed by atoms with Crippen LogP contribution in [-0.2, 0) is 11.2 Å². The molecular weight excluding hydrogens is 378 g/mol. The van der Waals surface area contributed by atoms with Crippen LogP contribution >= 0.6 is 23.1 Å². The summed E-state index contributed by atoms with van der Waals surface area (Å²) in [6.07, 6.45) is 3.25. The first-order chi connectivity index (χ1) is 13.3. The third kappa shape index (κ3) is 4.90. The molecule has 27 heavy (non-hydrogen) atoms. The van der Waals surface area contributed by atoms with Crippen LogP contribution in [0.2, 0.25) is 0 Å². The van der Waals surface area contributed by atoms with Gasteiger partial charge in [-0.3, -0.25) is 9.89 Å². The Bertz CT molecular complexity index is 870. The summed E-state index contributed by atoms with van der Waals surface area (Å²) in [5.74, 6) is 1.04. The summed E-state index contributed by atoms with van der Waals surface area (Å²) in [6.45, 7) is 2.24. The van der Waals surface area contributed by atoms with Gasteiger partial charge in [-0.2, -0.15) is 0 Å². The minimum atomic E-state index is -0.0569. The Morgan fingerprint density at radius 1 is 1.22 bits per heavy atom. The van der Waals surface area contributed by atoms with Gasteiger partial charge in [0, 0.05) is 35.8 Å². The Balaban J connectivity index is 1.25. The molecule has 140 valence electrons. The lowest BCUT2D eigenvalue weighted by Crippen LogP contribution is -2.18. The van der Waals surface area contributed by atoms with E-state index in [1.54, 1.807) is 11.3 Å². The monoisotopic (exact) mass is 399 g/mol. The lowest BCUT2D eigenvalue weighted by molar-refractivity contribution is -0.113. The van der Waals surface area contributed by atoms with Crippen LogP contribution in [0.4, 0.5) is 11.4 Å². The van der Waals surface area contributed by atoms with Gasteiger partial charge in [0.25, 0.3) is 0 Å². The number of hydrogen-bond donors (Lipinski definition) is 2. The summed E-state index contributed by atoms with van der Waals surface area (Å²) in [5.41, 5.74) is 2.04. The van der Waals surface area contributed by atoms with Crippen LogP contribution in [0.1, 0.15) is 23.5 Å². The minimum Gasteiger partial charge on any atom is -0.372 e. The first kappa shape index (κ1) is 18.1. The van der Waals surface area contributed by atoms with Crippen LogP contribution in [0.3, 0.4) is 0 Å². The maximum Gasteiger partial charge on any atom is 0.234 e. The van der Waals surface area contributed by atoms with Gasteiger partial charge >= 0.3 is 0 Å². The van der Waals surface area contributed by atoms with Gasteiger partial charge in [0.2, 0.25) is 11.1 Å². The third-order valence-corrected chi connectivity index (χ3v) is 6.11. The molecule has 0 unspecified atom stereocenters. The second kappa shape index (κ2) is 8.58. The van der Waals surface area contributed by atoms with Gasteiger partial charge in [-0.05, 0) is 48.6 Å². The van der Waals surface area contributed by atoms with Crippen molar-refractivity contribution < 1.29 is 4.79 Å². The number of thiophene rings is 1. The van der Waals surface area contributed by atoms with Crippen molar-refractivity contribution in [3.8, 4) is 0 Å². The van der Waals surface area contributed by atoms with Gasteiger partial charge in [-0.1, -0.05) is 17.8 Å². The summed E-state index contributed by atoms with van der Waals surface area (Å²) in [7, 11) is 0. The summed E-state index contributed by atoms with van der Waals surface area (Å²) in [5, 5.41) is 12.7. The molecule has 3 heterocycles. The number of amides is 1. The van der Waals surface area contributed by atoms with Crippen LogP contribution in [-0.4, -0.2) is 39.9 Å². The smallest absolute Gasteiger partial charge is 0.234 e. The topological polar surface area (TPSA) is 73.9 Å². The number of benzene rings is 1. The molecule has 1 aliphatic rings. The molecule has 4 rings (SSSR count). The molecule has 8 heteroatoms. The Hall–Kier alpha value is -2.32. The SMILES string of the molecule is O=C(CSc1n[nH]c(Cc2cccs2)n1)Nc1ccc(N2CCCC2)cc1. The zero-order valence-electron chi connectivity index (χ0n) is 14.9. The largest absolute Gasteiger partial charge is 0.372 e. The predicted molar refractivity (Wildman–Crippen MR) is 111 cm³/mol. The van der Waals surface area contributed by atoms with Crippen molar-refractivity contribution in [2.24, 2.45) is 0 Å². The fraction of sp³-hybridized carbons (Fsp3) is 0.316. The van der Waals surface area contributed by atoms with Crippen molar-refractivity contribution in [3.05, 3.63) is 52.5 Å². The molecule has 0 radical (unpaired) electrons. The molecule has 0 atom stereocenters. The zero-order valence-corrected chi connectivity index (χ0v) is 16.5. The van der Waals surface area contributed by atoms with Crippen LogP contribution in [0.15, 0.2) is 46.9 Å². The summed E-state index contributed by atoms with van der Waals surface area (Å²) < 4.78 is 0. The molecular formula is C19H21N5OS2. The van der Waals surface area contributed by atoms with Crippen LogP contribution in [0, 0.1) is 0 Å². The summed E-state index contributed by atoms with van der Waals surface area (Å²) in [6, 6.07) is 12.2. The van der Waals surface area contributed by atoms with Crippen molar-refractivity contribution in [2.75, 3.05) is 29.1 Å². The van der Waals surface area contributed by atoms with E-state index in [0.717, 1.165) is 31.0 Å². The number of anilines is 2. The lowest BCUT2D eigenvalue weighted by atomic mass is 10.2. The minimum absolute atomic E-state index is 0.0569. The quantitative estimate of drug-likeness (QED) is 0.592. The second-order valence-electron chi connectivity index (χ2n) is 6.40. The van der Waals surface area contributed by atoms with Gasteiger partial charge in [-0.15, -0.1) is 16.4 Å². The molecule has 2 aromatic heterocycles. The number of aromatic amines is 1. The lowest BCUT2D eigenvalue weighted by Gasteiger charge is -2.17. The standard InChI is InChI=1S/C19H21N5OS2/c25-18(20-14-5-7-15(8-6-14)24-9-1-2-10-24)13-27-19-21-17(22-23-19)12-16-4-3-11-26-16/h3-8,11H,1-2,9-10,12-13H2,(H,20,25)(H,21,22,23). The maximum absolute atomic E-state index is 12.2. The highest BCUT2D eigenvalue weighted by Gasteiger charge is 2.12. The van der Waals surface area contributed by atoms with Crippen molar-refractivity contribution in [1.29, 1.82) is 0 Å². The molecule has 6 nitrogen and oxygen atoms in total. The number of H-pyrrole nitrogens is 1. The zero-order chi connectivity index (χ0) is 18.5. The Morgan fingerprint density at radius 3 is 2.78 bits per heavy atom. The van der Waals surface area contributed by atoms with Crippen molar-refractivity contribution in [3.63, 3.8) is 0 Å². The normalized spacial score (nSPS) is 13.9. The van der Waals surface area contributed by atoms with E-state index < -0.39 is 0 Å². The van der Waals surface area contributed by atoms with Crippen LogP contribution in [0.25, 0.3) is 0 Å². The van der Waals surface area contributed by atoms with Crippen LogP contribution in [0.5, 0.6) is 0 Å². The maximum atomic E-state index is 12.2. The van der Waals surface area contributed by atoms with Gasteiger partial charge in [0.05, 0.1) is 5.75 Å². The molecule has 0 spiro atoms. The van der Waals surface area contributed by atoms with E-state index in [1.807, 2.05) is 23.6 Å². The Kier molecular flexibility index (Phi) is 5.74. The number of carbonyl (C=O) groups is 1. The van der Waals surface area contributed by atoms with Crippen molar-refractivity contribution >= 4 is 40.4 Å². The highest BCUT2D eigenvalue weighted by Crippen LogP contribution is 2.22. The van der Waals surface area contributed by atoms with E-state index in [4.69, 9.17) is 0 Å². The average molecular weight is 400 g/mol. The molecule has 1 amide bonds. The molecule has 1 saturated heterocycles.